The van der Waals surface area contributed by atoms with Crippen LogP contribution in [0.25, 0.3) is 0 Å². The summed E-state index contributed by atoms with van der Waals surface area (Å²) in [6, 6.07) is 0.672. The molecule has 100 valence electrons. The Balaban J connectivity index is 1.86. The maximum Gasteiger partial charge on any atom is 0.0555 e. The van der Waals surface area contributed by atoms with Crippen molar-refractivity contribution >= 4 is 0 Å². The summed E-state index contributed by atoms with van der Waals surface area (Å²) in [5.41, 5.74) is 0.629. The van der Waals surface area contributed by atoms with Crippen molar-refractivity contribution in [1.82, 2.24) is 4.90 Å². The second-order valence-corrected chi connectivity index (χ2v) is 6.22. The molecule has 0 radical (unpaired) electrons. The van der Waals surface area contributed by atoms with Crippen molar-refractivity contribution in [2.24, 2.45) is 5.41 Å². The molecule has 2 heteroatoms. The van der Waals surface area contributed by atoms with E-state index in [2.05, 4.69) is 18.7 Å². The summed E-state index contributed by atoms with van der Waals surface area (Å²) in [6.07, 6.45) is 9.95. The molecule has 17 heavy (non-hydrogen) atoms. The lowest BCUT2D eigenvalue weighted by atomic mass is 9.73. The first-order valence-corrected chi connectivity index (χ1v) is 7.61. The van der Waals surface area contributed by atoms with Gasteiger partial charge in [-0.05, 0) is 57.0 Å². The number of piperidine rings is 1. The summed E-state index contributed by atoms with van der Waals surface area (Å²) >= 11 is 0. The molecule has 0 bridgehead atoms. The van der Waals surface area contributed by atoms with Gasteiger partial charge in [0.15, 0.2) is 0 Å². The minimum absolute atomic E-state index is 0.0298. The molecule has 0 aromatic rings. The Hall–Kier alpha value is -0.0800. The van der Waals surface area contributed by atoms with Crippen molar-refractivity contribution in [2.45, 2.75) is 77.4 Å². The van der Waals surface area contributed by atoms with Gasteiger partial charge >= 0.3 is 0 Å². The summed E-state index contributed by atoms with van der Waals surface area (Å²) in [7, 11) is 0. The maximum atomic E-state index is 9.78. The normalized spacial score (nSPS) is 34.8. The van der Waals surface area contributed by atoms with Gasteiger partial charge in [0.05, 0.1) is 6.10 Å². The molecule has 2 rings (SSSR count). The van der Waals surface area contributed by atoms with Gasteiger partial charge in [-0.25, -0.2) is 0 Å². The zero-order chi connectivity index (χ0) is 12.3. The highest BCUT2D eigenvalue weighted by atomic mass is 16.3. The first-order chi connectivity index (χ1) is 8.19. The maximum absolute atomic E-state index is 9.78. The van der Waals surface area contributed by atoms with Gasteiger partial charge in [-0.15, -0.1) is 0 Å². The molecule has 1 aliphatic heterocycles. The monoisotopic (exact) mass is 239 g/mol. The van der Waals surface area contributed by atoms with Crippen molar-refractivity contribution < 1.29 is 5.11 Å². The van der Waals surface area contributed by atoms with Crippen molar-refractivity contribution in [3.05, 3.63) is 0 Å². The molecule has 0 aromatic heterocycles. The molecule has 2 nitrogen and oxygen atoms in total. The second kappa shape index (κ2) is 5.71. The Bertz CT molecular complexity index is 227. The van der Waals surface area contributed by atoms with Crippen LogP contribution < -0.4 is 0 Å². The van der Waals surface area contributed by atoms with Crippen LogP contribution in [0.4, 0.5) is 0 Å². The van der Waals surface area contributed by atoms with Gasteiger partial charge in [-0.2, -0.15) is 0 Å². The highest BCUT2D eigenvalue weighted by Crippen LogP contribution is 2.39. The zero-order valence-electron chi connectivity index (χ0n) is 11.6. The summed E-state index contributed by atoms with van der Waals surface area (Å²) in [6.45, 7) is 7.23. The predicted octanol–water partition coefficient (Wildman–Crippen LogP) is 3.19. The number of aliphatic hydroxyl groups excluding tert-OH is 1. The highest BCUT2D eigenvalue weighted by molar-refractivity contribution is 4.88. The molecule has 2 aliphatic rings. The van der Waals surface area contributed by atoms with Crippen LogP contribution in [0.5, 0.6) is 0 Å². The Morgan fingerprint density at radius 2 is 1.76 bits per heavy atom. The van der Waals surface area contributed by atoms with Crippen LogP contribution in [0.1, 0.15) is 65.2 Å². The summed E-state index contributed by atoms with van der Waals surface area (Å²) in [4.78, 5) is 2.66. The number of rotatable bonds is 3. The SMILES string of the molecule is CCC1(CC)CCN(C2CCCC(O)C2)CC1. The first kappa shape index (κ1) is 13.4. The fraction of sp³-hybridized carbons (Fsp3) is 1.00. The number of likely N-dealkylation sites (tertiary alicyclic amines) is 1. The van der Waals surface area contributed by atoms with Crippen LogP contribution in [-0.4, -0.2) is 35.2 Å². The van der Waals surface area contributed by atoms with E-state index in [-0.39, 0.29) is 6.10 Å². The topological polar surface area (TPSA) is 23.5 Å². The number of aliphatic hydroxyl groups is 1. The number of hydrogen-bond donors (Lipinski definition) is 1. The quantitative estimate of drug-likeness (QED) is 0.817. The third-order valence-corrected chi connectivity index (χ3v) is 5.49. The van der Waals surface area contributed by atoms with Gasteiger partial charge in [0, 0.05) is 6.04 Å². The van der Waals surface area contributed by atoms with Gasteiger partial charge in [0.1, 0.15) is 0 Å². The molecule has 0 aromatic carbocycles. The molecule has 0 amide bonds. The molecular weight excluding hydrogens is 210 g/mol. The number of nitrogens with zero attached hydrogens (tertiary/aromatic N) is 1. The lowest BCUT2D eigenvalue weighted by Gasteiger charge is -2.45. The van der Waals surface area contributed by atoms with E-state index in [1.54, 1.807) is 0 Å². The minimum atomic E-state index is -0.0298. The summed E-state index contributed by atoms with van der Waals surface area (Å²) in [5, 5.41) is 9.78. The van der Waals surface area contributed by atoms with Crippen LogP contribution in [0.15, 0.2) is 0 Å². The third-order valence-electron chi connectivity index (χ3n) is 5.49. The summed E-state index contributed by atoms with van der Waals surface area (Å²) < 4.78 is 0. The van der Waals surface area contributed by atoms with Crippen molar-refractivity contribution in [1.29, 1.82) is 0 Å². The fourth-order valence-corrected chi connectivity index (χ4v) is 3.79. The van der Waals surface area contributed by atoms with Gasteiger partial charge in [-0.3, -0.25) is 0 Å². The van der Waals surface area contributed by atoms with Gasteiger partial charge in [-0.1, -0.05) is 26.7 Å². The lowest BCUT2D eigenvalue weighted by Crippen LogP contribution is -2.47. The highest BCUT2D eigenvalue weighted by Gasteiger charge is 2.34. The molecule has 1 saturated carbocycles. The van der Waals surface area contributed by atoms with Crippen LogP contribution in [-0.2, 0) is 0 Å². The smallest absolute Gasteiger partial charge is 0.0555 e. The number of hydrogen-bond acceptors (Lipinski definition) is 2. The molecule has 1 saturated heterocycles. The van der Waals surface area contributed by atoms with Crippen molar-refractivity contribution in [3.63, 3.8) is 0 Å². The molecule has 2 atom stereocenters. The van der Waals surface area contributed by atoms with E-state index >= 15 is 0 Å². The average molecular weight is 239 g/mol. The van der Waals surface area contributed by atoms with Gasteiger partial charge < -0.3 is 10.0 Å². The summed E-state index contributed by atoms with van der Waals surface area (Å²) in [5.74, 6) is 0. The largest absolute Gasteiger partial charge is 0.393 e. The Morgan fingerprint density at radius 1 is 1.12 bits per heavy atom. The van der Waals surface area contributed by atoms with E-state index in [0.29, 0.717) is 11.5 Å². The molecule has 0 spiro atoms. The second-order valence-electron chi connectivity index (χ2n) is 6.22. The fourth-order valence-electron chi connectivity index (χ4n) is 3.79. The van der Waals surface area contributed by atoms with Crippen molar-refractivity contribution in [2.75, 3.05) is 13.1 Å². The Morgan fingerprint density at radius 3 is 2.29 bits per heavy atom. The van der Waals surface area contributed by atoms with Crippen LogP contribution >= 0.6 is 0 Å². The van der Waals surface area contributed by atoms with Crippen LogP contribution in [0.3, 0.4) is 0 Å². The molecule has 1 heterocycles. The van der Waals surface area contributed by atoms with E-state index < -0.39 is 0 Å². The standard InChI is InChI=1S/C15H29NO/c1-3-15(4-2)8-10-16(11-9-15)13-6-5-7-14(17)12-13/h13-14,17H,3-12H2,1-2H3. The minimum Gasteiger partial charge on any atom is -0.393 e. The van der Waals surface area contributed by atoms with E-state index in [4.69, 9.17) is 0 Å². The van der Waals surface area contributed by atoms with E-state index in [1.165, 1.54) is 51.6 Å². The van der Waals surface area contributed by atoms with E-state index in [1.807, 2.05) is 0 Å². The van der Waals surface area contributed by atoms with Crippen molar-refractivity contribution in [3.8, 4) is 0 Å². The molecule has 2 fully saturated rings. The zero-order valence-corrected chi connectivity index (χ0v) is 11.6. The van der Waals surface area contributed by atoms with Crippen LogP contribution in [0.2, 0.25) is 0 Å². The average Bonchev–Trinajstić information content (AvgIpc) is 2.39. The first-order valence-electron chi connectivity index (χ1n) is 7.61. The molecule has 2 unspecified atom stereocenters. The predicted molar refractivity (Wildman–Crippen MR) is 72.1 cm³/mol. The molecular formula is C15H29NO. The molecule has 1 aliphatic carbocycles. The van der Waals surface area contributed by atoms with Crippen LogP contribution in [0, 0.1) is 5.41 Å². The van der Waals surface area contributed by atoms with E-state index in [9.17, 15) is 5.11 Å². The van der Waals surface area contributed by atoms with Gasteiger partial charge in [0.2, 0.25) is 0 Å². The lowest BCUT2D eigenvalue weighted by molar-refractivity contribution is 0.0202. The third kappa shape index (κ3) is 3.03. The Kier molecular flexibility index (Phi) is 4.48. The van der Waals surface area contributed by atoms with Gasteiger partial charge in [0.25, 0.3) is 0 Å². The molecule has 1 N–H and O–H groups in total. The van der Waals surface area contributed by atoms with E-state index in [0.717, 1.165) is 12.8 Å². The Labute approximate surface area is 106 Å².